The van der Waals surface area contributed by atoms with E-state index in [9.17, 15) is 4.79 Å². The van der Waals surface area contributed by atoms with Crippen molar-refractivity contribution in [3.63, 3.8) is 0 Å². The number of amides is 1. The number of aryl methyl sites for hydroxylation is 1. The largest absolute Gasteiger partial charge is 0.296 e. The topological polar surface area (TPSA) is 85.6 Å². The summed E-state index contributed by atoms with van der Waals surface area (Å²) in [5, 5.41) is 17.7. The second kappa shape index (κ2) is 7.64. The predicted molar refractivity (Wildman–Crippen MR) is 118 cm³/mol. The lowest BCUT2D eigenvalue weighted by Crippen LogP contribution is -2.13. The Hall–Kier alpha value is -2.65. The van der Waals surface area contributed by atoms with E-state index in [0.717, 1.165) is 21.0 Å². The van der Waals surface area contributed by atoms with Crippen LogP contribution in [-0.4, -0.2) is 30.9 Å². The molecule has 29 heavy (non-hydrogen) atoms. The molecular formula is C20H22N6OS2. The number of carbonyl (C=O) groups excluding carboxylic acids is 1. The first kappa shape index (κ1) is 19.7. The van der Waals surface area contributed by atoms with E-state index < -0.39 is 0 Å². The highest BCUT2D eigenvalue weighted by molar-refractivity contribution is 7.15. The van der Waals surface area contributed by atoms with Crippen molar-refractivity contribution in [1.29, 1.82) is 0 Å². The van der Waals surface area contributed by atoms with Crippen LogP contribution in [0.2, 0.25) is 0 Å². The average molecular weight is 427 g/mol. The fourth-order valence-corrected chi connectivity index (χ4v) is 4.53. The maximum absolute atomic E-state index is 13.1. The summed E-state index contributed by atoms with van der Waals surface area (Å²) < 4.78 is 1.85. The van der Waals surface area contributed by atoms with Crippen LogP contribution in [0.4, 0.5) is 5.13 Å². The molecule has 4 aromatic rings. The summed E-state index contributed by atoms with van der Waals surface area (Å²) >= 11 is 3.05. The molecular weight excluding hydrogens is 404 g/mol. The number of nitrogens with zero attached hydrogens (tertiary/aromatic N) is 5. The molecule has 0 radical (unpaired) electrons. The van der Waals surface area contributed by atoms with E-state index in [-0.39, 0.29) is 17.9 Å². The van der Waals surface area contributed by atoms with Crippen molar-refractivity contribution in [3.8, 4) is 10.6 Å². The number of thiophene rings is 1. The molecule has 0 aliphatic rings. The van der Waals surface area contributed by atoms with E-state index in [2.05, 4.69) is 33.6 Å². The van der Waals surface area contributed by atoms with Gasteiger partial charge in [-0.05, 0) is 39.0 Å². The molecule has 0 fully saturated rings. The molecule has 1 N–H and O–H groups in total. The molecule has 0 aliphatic heterocycles. The number of aromatic nitrogens is 5. The molecule has 0 bridgehead atoms. The molecule has 0 spiro atoms. The van der Waals surface area contributed by atoms with Gasteiger partial charge in [0, 0.05) is 16.8 Å². The van der Waals surface area contributed by atoms with E-state index in [4.69, 9.17) is 4.98 Å². The normalized spacial score (nSPS) is 11.7. The molecule has 9 heteroatoms. The number of pyridine rings is 1. The van der Waals surface area contributed by atoms with Crippen LogP contribution < -0.4 is 5.32 Å². The van der Waals surface area contributed by atoms with Crippen LogP contribution in [0.1, 0.15) is 59.9 Å². The second-order valence-electron chi connectivity index (χ2n) is 7.44. The lowest BCUT2D eigenvalue weighted by atomic mass is 10.1. The van der Waals surface area contributed by atoms with E-state index >= 15 is 0 Å². The minimum absolute atomic E-state index is 0.132. The quantitative estimate of drug-likeness (QED) is 0.469. The van der Waals surface area contributed by atoms with Crippen LogP contribution in [0.3, 0.4) is 0 Å². The number of rotatable bonds is 5. The number of hydrogen-bond donors (Lipinski definition) is 1. The van der Waals surface area contributed by atoms with Gasteiger partial charge in [0.2, 0.25) is 5.13 Å². The number of hydrogen-bond acceptors (Lipinski definition) is 7. The highest BCUT2D eigenvalue weighted by Gasteiger charge is 2.20. The Morgan fingerprint density at radius 2 is 1.93 bits per heavy atom. The summed E-state index contributed by atoms with van der Waals surface area (Å²) in [6.07, 6.45) is 1.71. The van der Waals surface area contributed by atoms with Crippen molar-refractivity contribution in [1.82, 2.24) is 25.0 Å². The highest BCUT2D eigenvalue weighted by Crippen LogP contribution is 2.31. The first-order valence-corrected chi connectivity index (χ1v) is 11.1. The minimum Gasteiger partial charge on any atom is -0.296 e. The Labute approximate surface area is 176 Å². The monoisotopic (exact) mass is 426 g/mol. The van der Waals surface area contributed by atoms with Gasteiger partial charge in [0.1, 0.15) is 5.01 Å². The van der Waals surface area contributed by atoms with Crippen LogP contribution in [-0.2, 0) is 0 Å². The van der Waals surface area contributed by atoms with Crippen LogP contribution in [0, 0.1) is 6.92 Å². The first-order chi connectivity index (χ1) is 13.8. The molecule has 150 valence electrons. The van der Waals surface area contributed by atoms with E-state index in [1.165, 1.54) is 16.2 Å². The van der Waals surface area contributed by atoms with Crippen LogP contribution in [0.5, 0.6) is 0 Å². The third-order valence-corrected chi connectivity index (χ3v) is 6.61. The zero-order valence-corrected chi connectivity index (χ0v) is 18.6. The van der Waals surface area contributed by atoms with Crippen molar-refractivity contribution in [2.45, 2.75) is 46.6 Å². The molecule has 4 aromatic heterocycles. The molecule has 0 unspecified atom stereocenters. The molecule has 4 heterocycles. The second-order valence-corrected chi connectivity index (χ2v) is 9.74. The summed E-state index contributed by atoms with van der Waals surface area (Å²) in [6, 6.07) is 6.05. The molecule has 0 atom stereocenters. The summed E-state index contributed by atoms with van der Waals surface area (Å²) in [6.45, 7) is 10.2. The van der Waals surface area contributed by atoms with Gasteiger partial charge in [0.05, 0.1) is 27.7 Å². The first-order valence-electron chi connectivity index (χ1n) is 9.43. The number of nitrogens with one attached hydrogen (secondary N) is 1. The van der Waals surface area contributed by atoms with Gasteiger partial charge in [-0.3, -0.25) is 10.1 Å². The molecule has 0 aromatic carbocycles. The zero-order valence-electron chi connectivity index (χ0n) is 16.9. The summed E-state index contributed by atoms with van der Waals surface area (Å²) in [5.74, 6) is 0.0328. The standard InChI is InChI=1S/C20H22N6OS2/c1-10(2)19-24-25-20(29-19)23-18(27)13-8-15(16-7-6-12(5)28-16)22-17-14(13)9-21-26(17)11(3)4/h6-11H,1-5H3,(H,23,25,27). The van der Waals surface area contributed by atoms with Gasteiger partial charge in [-0.25, -0.2) is 9.67 Å². The average Bonchev–Trinajstić information content (AvgIpc) is 3.39. The third-order valence-electron chi connectivity index (χ3n) is 4.45. The van der Waals surface area contributed by atoms with Gasteiger partial charge in [-0.15, -0.1) is 21.5 Å². The lowest BCUT2D eigenvalue weighted by molar-refractivity contribution is 0.102. The SMILES string of the molecule is Cc1ccc(-c2cc(C(=O)Nc3nnc(C(C)C)s3)c3cnn(C(C)C)c3n2)s1. The summed E-state index contributed by atoms with van der Waals surface area (Å²) in [4.78, 5) is 20.2. The number of anilines is 1. The Kier molecular flexibility index (Phi) is 5.18. The van der Waals surface area contributed by atoms with Gasteiger partial charge >= 0.3 is 0 Å². The van der Waals surface area contributed by atoms with Gasteiger partial charge in [0.15, 0.2) is 5.65 Å². The highest BCUT2D eigenvalue weighted by atomic mass is 32.1. The van der Waals surface area contributed by atoms with E-state index in [1.807, 2.05) is 44.5 Å². The van der Waals surface area contributed by atoms with Crippen LogP contribution in [0.15, 0.2) is 24.4 Å². The number of carbonyl (C=O) groups is 1. The van der Waals surface area contributed by atoms with Gasteiger partial charge in [-0.1, -0.05) is 25.2 Å². The Balaban J connectivity index is 1.80. The maximum Gasteiger partial charge on any atom is 0.258 e. The zero-order chi connectivity index (χ0) is 20.7. The molecule has 0 saturated heterocycles. The summed E-state index contributed by atoms with van der Waals surface area (Å²) in [7, 11) is 0. The van der Waals surface area contributed by atoms with Crippen molar-refractivity contribution in [2.75, 3.05) is 5.32 Å². The smallest absolute Gasteiger partial charge is 0.258 e. The van der Waals surface area contributed by atoms with Gasteiger partial charge < -0.3 is 0 Å². The van der Waals surface area contributed by atoms with Crippen molar-refractivity contribution < 1.29 is 4.79 Å². The summed E-state index contributed by atoms with van der Waals surface area (Å²) in [5.41, 5.74) is 2.00. The molecule has 7 nitrogen and oxygen atoms in total. The van der Waals surface area contributed by atoms with Crippen LogP contribution >= 0.6 is 22.7 Å². The Bertz CT molecular complexity index is 1190. The fourth-order valence-electron chi connectivity index (χ4n) is 2.97. The Morgan fingerprint density at radius 1 is 1.14 bits per heavy atom. The Morgan fingerprint density at radius 3 is 2.55 bits per heavy atom. The molecule has 4 rings (SSSR count). The lowest BCUT2D eigenvalue weighted by Gasteiger charge is -2.09. The van der Waals surface area contributed by atoms with Crippen molar-refractivity contribution in [3.05, 3.63) is 39.8 Å². The number of fused-ring (bicyclic) bond motifs is 1. The molecule has 0 saturated carbocycles. The third kappa shape index (κ3) is 3.79. The minimum atomic E-state index is -0.235. The maximum atomic E-state index is 13.1. The molecule has 0 aliphatic carbocycles. The molecule has 1 amide bonds. The predicted octanol–water partition coefficient (Wildman–Crippen LogP) is 5.28. The van der Waals surface area contributed by atoms with Crippen molar-refractivity contribution in [2.24, 2.45) is 0 Å². The fraction of sp³-hybridized carbons (Fsp3) is 0.350. The van der Waals surface area contributed by atoms with Crippen LogP contribution in [0.25, 0.3) is 21.6 Å². The van der Waals surface area contributed by atoms with Gasteiger partial charge in [-0.2, -0.15) is 5.10 Å². The van der Waals surface area contributed by atoms with Gasteiger partial charge in [0.25, 0.3) is 5.91 Å². The van der Waals surface area contributed by atoms with E-state index in [1.54, 1.807) is 17.5 Å². The van der Waals surface area contributed by atoms with Crippen molar-refractivity contribution >= 4 is 44.7 Å². The van der Waals surface area contributed by atoms with E-state index in [0.29, 0.717) is 16.3 Å².